The molecule has 0 radical (unpaired) electrons. The molecular formula is C22H25N5O2S. The van der Waals surface area contributed by atoms with Crippen LogP contribution >= 0.6 is 11.3 Å². The lowest BCUT2D eigenvalue weighted by atomic mass is 9.96. The van der Waals surface area contributed by atoms with Crippen LogP contribution in [-0.4, -0.2) is 44.6 Å². The molecule has 1 saturated heterocycles. The van der Waals surface area contributed by atoms with E-state index in [1.807, 2.05) is 54.2 Å². The fraction of sp³-hybridized carbons (Fsp3) is 0.364. The summed E-state index contributed by atoms with van der Waals surface area (Å²) in [5.41, 5.74) is 3.75. The van der Waals surface area contributed by atoms with E-state index in [4.69, 9.17) is 0 Å². The van der Waals surface area contributed by atoms with Gasteiger partial charge in [-0.25, -0.2) is 4.98 Å². The molecular weight excluding hydrogens is 398 g/mol. The number of carbonyl (C=O) groups is 2. The van der Waals surface area contributed by atoms with Crippen LogP contribution in [0.4, 0.5) is 5.13 Å². The summed E-state index contributed by atoms with van der Waals surface area (Å²) >= 11 is 1.39. The van der Waals surface area contributed by atoms with Crippen LogP contribution in [0.1, 0.15) is 40.2 Å². The van der Waals surface area contributed by atoms with Gasteiger partial charge in [0, 0.05) is 35.9 Å². The zero-order valence-electron chi connectivity index (χ0n) is 17.2. The Morgan fingerprint density at radius 1 is 1.27 bits per heavy atom. The van der Waals surface area contributed by atoms with Crippen LogP contribution in [0.25, 0.3) is 0 Å². The highest BCUT2D eigenvalue weighted by molar-refractivity contribution is 7.13. The molecule has 1 unspecified atom stereocenters. The van der Waals surface area contributed by atoms with Crippen molar-refractivity contribution in [3.63, 3.8) is 0 Å². The van der Waals surface area contributed by atoms with E-state index in [0.29, 0.717) is 30.3 Å². The topological polar surface area (TPSA) is 80.1 Å². The van der Waals surface area contributed by atoms with Crippen LogP contribution in [-0.2, 0) is 11.3 Å². The molecule has 1 aliphatic rings. The summed E-state index contributed by atoms with van der Waals surface area (Å²) in [5, 5.41) is 9.78. The summed E-state index contributed by atoms with van der Waals surface area (Å²) in [6.07, 6.45) is 3.25. The van der Waals surface area contributed by atoms with Gasteiger partial charge in [0.15, 0.2) is 5.13 Å². The molecule has 0 aliphatic carbocycles. The number of aryl methyl sites for hydroxylation is 2. The average Bonchev–Trinajstić information content (AvgIpc) is 3.37. The predicted molar refractivity (Wildman–Crippen MR) is 117 cm³/mol. The van der Waals surface area contributed by atoms with E-state index in [-0.39, 0.29) is 17.7 Å². The molecule has 0 bridgehead atoms. The van der Waals surface area contributed by atoms with E-state index in [1.165, 1.54) is 11.3 Å². The second-order valence-corrected chi connectivity index (χ2v) is 8.60. The van der Waals surface area contributed by atoms with Gasteiger partial charge < -0.3 is 10.2 Å². The van der Waals surface area contributed by atoms with E-state index in [2.05, 4.69) is 15.4 Å². The summed E-state index contributed by atoms with van der Waals surface area (Å²) in [7, 11) is 0. The molecule has 8 heteroatoms. The third kappa shape index (κ3) is 4.59. The van der Waals surface area contributed by atoms with Crippen LogP contribution < -0.4 is 5.32 Å². The van der Waals surface area contributed by atoms with Gasteiger partial charge in [0.05, 0.1) is 18.2 Å². The molecule has 1 fully saturated rings. The molecule has 0 spiro atoms. The number of aromatic nitrogens is 3. The van der Waals surface area contributed by atoms with Crippen LogP contribution in [0.5, 0.6) is 0 Å². The van der Waals surface area contributed by atoms with Gasteiger partial charge in [0.2, 0.25) is 5.91 Å². The number of likely N-dealkylation sites (tertiary alicyclic amines) is 1. The maximum absolute atomic E-state index is 13.1. The normalized spacial score (nSPS) is 16.5. The quantitative estimate of drug-likeness (QED) is 0.681. The van der Waals surface area contributed by atoms with Gasteiger partial charge in [0.1, 0.15) is 0 Å². The van der Waals surface area contributed by atoms with Crippen molar-refractivity contribution in [3.05, 3.63) is 64.4 Å². The second kappa shape index (κ2) is 8.79. The Balaban J connectivity index is 1.43. The van der Waals surface area contributed by atoms with E-state index in [9.17, 15) is 9.59 Å². The summed E-state index contributed by atoms with van der Waals surface area (Å²) in [4.78, 5) is 31.6. The number of rotatable bonds is 5. The van der Waals surface area contributed by atoms with E-state index < -0.39 is 0 Å². The van der Waals surface area contributed by atoms with Crippen molar-refractivity contribution in [3.8, 4) is 0 Å². The molecule has 2 amide bonds. The summed E-state index contributed by atoms with van der Waals surface area (Å²) in [6.45, 7) is 5.72. The van der Waals surface area contributed by atoms with E-state index in [0.717, 1.165) is 29.8 Å². The molecule has 30 heavy (non-hydrogen) atoms. The van der Waals surface area contributed by atoms with Crippen molar-refractivity contribution >= 4 is 28.3 Å². The van der Waals surface area contributed by atoms with Crippen LogP contribution in [0.2, 0.25) is 0 Å². The third-order valence-electron chi connectivity index (χ3n) is 5.35. The zero-order chi connectivity index (χ0) is 21.1. The first-order valence-electron chi connectivity index (χ1n) is 10.1. The van der Waals surface area contributed by atoms with Gasteiger partial charge in [0.25, 0.3) is 5.91 Å². The predicted octanol–water partition coefficient (Wildman–Crippen LogP) is 3.50. The SMILES string of the molecule is Cc1cc(C)n(Cc2cccc(C(=O)N3CCCC(C(=O)Nc4nccs4)C3)c2)n1. The standard InChI is InChI=1S/C22H25N5O2S/c1-15-11-16(2)27(25-15)13-17-5-3-6-18(12-17)21(29)26-9-4-7-19(14-26)20(28)24-22-23-8-10-30-22/h3,5-6,8,10-12,19H,4,7,9,13-14H2,1-2H3,(H,23,24,28). The summed E-state index contributed by atoms with van der Waals surface area (Å²) in [5.74, 6) is -0.317. The molecule has 7 nitrogen and oxygen atoms in total. The van der Waals surface area contributed by atoms with Gasteiger partial charge in [-0.2, -0.15) is 5.10 Å². The monoisotopic (exact) mass is 423 g/mol. The van der Waals surface area contributed by atoms with Gasteiger partial charge in [-0.3, -0.25) is 14.3 Å². The highest BCUT2D eigenvalue weighted by Crippen LogP contribution is 2.22. The van der Waals surface area contributed by atoms with Crippen LogP contribution in [0.3, 0.4) is 0 Å². The zero-order valence-corrected chi connectivity index (χ0v) is 18.0. The Kier molecular flexibility index (Phi) is 5.94. The maximum Gasteiger partial charge on any atom is 0.253 e. The number of anilines is 1. The van der Waals surface area contributed by atoms with Crippen molar-refractivity contribution in [1.29, 1.82) is 0 Å². The smallest absolute Gasteiger partial charge is 0.253 e. The highest BCUT2D eigenvalue weighted by Gasteiger charge is 2.29. The van der Waals surface area contributed by atoms with Crippen molar-refractivity contribution in [2.45, 2.75) is 33.2 Å². The minimum Gasteiger partial charge on any atom is -0.338 e. The first-order chi connectivity index (χ1) is 14.5. The number of piperidine rings is 1. The lowest BCUT2D eigenvalue weighted by Crippen LogP contribution is -2.43. The lowest BCUT2D eigenvalue weighted by Gasteiger charge is -2.32. The number of nitrogens with one attached hydrogen (secondary N) is 1. The van der Waals surface area contributed by atoms with Gasteiger partial charge in [-0.15, -0.1) is 11.3 Å². The van der Waals surface area contributed by atoms with Crippen molar-refractivity contribution in [2.24, 2.45) is 5.92 Å². The Morgan fingerprint density at radius 3 is 2.87 bits per heavy atom. The number of amides is 2. The van der Waals surface area contributed by atoms with Crippen molar-refractivity contribution < 1.29 is 9.59 Å². The van der Waals surface area contributed by atoms with E-state index in [1.54, 1.807) is 11.1 Å². The van der Waals surface area contributed by atoms with Gasteiger partial charge in [-0.1, -0.05) is 12.1 Å². The fourth-order valence-electron chi connectivity index (χ4n) is 3.86. The molecule has 156 valence electrons. The molecule has 1 N–H and O–H groups in total. The Morgan fingerprint density at radius 2 is 2.13 bits per heavy atom. The maximum atomic E-state index is 13.1. The largest absolute Gasteiger partial charge is 0.338 e. The third-order valence-corrected chi connectivity index (χ3v) is 6.04. The number of hydrogen-bond acceptors (Lipinski definition) is 5. The molecule has 4 rings (SSSR count). The molecule has 0 saturated carbocycles. The first-order valence-corrected chi connectivity index (χ1v) is 11.0. The van der Waals surface area contributed by atoms with Crippen molar-refractivity contribution in [1.82, 2.24) is 19.7 Å². The molecule has 1 aliphatic heterocycles. The molecule has 1 atom stereocenters. The Bertz CT molecular complexity index is 1040. The number of carbonyl (C=O) groups excluding carboxylic acids is 2. The number of benzene rings is 1. The Hall–Kier alpha value is -3.00. The molecule has 3 aromatic rings. The number of hydrogen-bond donors (Lipinski definition) is 1. The highest BCUT2D eigenvalue weighted by atomic mass is 32.1. The first kappa shape index (κ1) is 20.3. The minimum atomic E-state index is -0.218. The number of nitrogens with zero attached hydrogens (tertiary/aromatic N) is 4. The average molecular weight is 424 g/mol. The number of thiazole rings is 1. The van der Waals surface area contributed by atoms with Crippen LogP contribution in [0.15, 0.2) is 41.9 Å². The van der Waals surface area contributed by atoms with Gasteiger partial charge in [-0.05, 0) is 50.5 Å². The second-order valence-electron chi connectivity index (χ2n) is 7.70. The minimum absolute atomic E-state index is 0.0306. The fourth-order valence-corrected chi connectivity index (χ4v) is 4.39. The van der Waals surface area contributed by atoms with Crippen LogP contribution in [0, 0.1) is 19.8 Å². The summed E-state index contributed by atoms with van der Waals surface area (Å²) in [6, 6.07) is 9.72. The molecule has 3 heterocycles. The molecule has 1 aromatic carbocycles. The molecule has 2 aromatic heterocycles. The van der Waals surface area contributed by atoms with E-state index >= 15 is 0 Å². The summed E-state index contributed by atoms with van der Waals surface area (Å²) < 4.78 is 1.94. The lowest BCUT2D eigenvalue weighted by molar-refractivity contribution is -0.121. The van der Waals surface area contributed by atoms with Crippen molar-refractivity contribution in [2.75, 3.05) is 18.4 Å². The Labute approximate surface area is 179 Å². The van der Waals surface area contributed by atoms with Gasteiger partial charge >= 0.3 is 0 Å².